The minimum absolute atomic E-state index is 0.0701. The summed E-state index contributed by atoms with van der Waals surface area (Å²) in [4.78, 5) is 18.8. The van der Waals surface area contributed by atoms with E-state index in [1.54, 1.807) is 24.2 Å². The molecular weight excluding hydrogens is 442 g/mol. The summed E-state index contributed by atoms with van der Waals surface area (Å²) in [5.41, 5.74) is 3.92. The van der Waals surface area contributed by atoms with Crippen LogP contribution in [0.5, 0.6) is 0 Å². The fraction of sp³-hybridized carbons (Fsp3) is 0.217. The third kappa shape index (κ3) is 4.53. The average Bonchev–Trinajstić information content (AvgIpc) is 3.50. The summed E-state index contributed by atoms with van der Waals surface area (Å²) in [5.74, 6) is 1.85. The van der Waals surface area contributed by atoms with Crippen LogP contribution in [-0.4, -0.2) is 25.7 Å². The molecule has 0 aliphatic carbocycles. The predicted molar refractivity (Wildman–Crippen MR) is 128 cm³/mol. The zero-order valence-electron chi connectivity index (χ0n) is 18.1. The number of aryl methyl sites for hydroxylation is 2. The zero-order chi connectivity index (χ0) is 22.7. The predicted octanol–water partition coefficient (Wildman–Crippen LogP) is 5.77. The number of benzene rings is 1. The van der Waals surface area contributed by atoms with Gasteiger partial charge in [-0.25, -0.2) is 4.98 Å². The third-order valence-corrected chi connectivity index (χ3v) is 6.63. The lowest BCUT2D eigenvalue weighted by Gasteiger charge is -2.20. The number of nitrogens with zero attached hydrogens (tertiary/aromatic N) is 5. The second-order valence-electron chi connectivity index (χ2n) is 7.24. The quantitative estimate of drug-likeness (QED) is 0.243. The Balaban J connectivity index is 1.55. The molecule has 0 saturated heterocycles. The van der Waals surface area contributed by atoms with Crippen molar-refractivity contribution in [3.05, 3.63) is 71.5 Å². The number of allylic oxidation sites excluding steroid dienone is 1. The molecule has 0 N–H and O–H groups in total. The molecule has 0 spiro atoms. The van der Waals surface area contributed by atoms with Crippen molar-refractivity contribution >= 4 is 39.8 Å². The number of carbonyl (C=O) groups is 1. The summed E-state index contributed by atoms with van der Waals surface area (Å²) in [6, 6.07) is 9.72. The highest BCUT2D eigenvalue weighted by Crippen LogP contribution is 2.33. The number of carbonyl (C=O) groups excluding carboxylic acids is 1. The lowest BCUT2D eigenvalue weighted by atomic mass is 10.1. The van der Waals surface area contributed by atoms with E-state index in [1.165, 1.54) is 23.1 Å². The van der Waals surface area contributed by atoms with E-state index in [-0.39, 0.29) is 5.91 Å². The van der Waals surface area contributed by atoms with Gasteiger partial charge in [0.25, 0.3) is 0 Å². The van der Waals surface area contributed by atoms with E-state index < -0.39 is 0 Å². The maximum atomic E-state index is 12.4. The van der Waals surface area contributed by atoms with Crippen LogP contribution < -0.4 is 4.90 Å². The maximum Gasteiger partial charge on any atom is 0.230 e. The Labute approximate surface area is 194 Å². The SMILES string of the molecule is C=CCn1c(SCc2csc(N(C(C)=O)c3ccc(C)cc3C)n2)nnc1-c1ccco1. The van der Waals surface area contributed by atoms with Gasteiger partial charge in [0.1, 0.15) is 0 Å². The number of thioether (sulfide) groups is 1. The molecule has 3 heterocycles. The number of thiazole rings is 1. The first-order chi connectivity index (χ1) is 15.5. The molecule has 0 unspecified atom stereocenters. The molecule has 9 heteroatoms. The Bertz CT molecular complexity index is 1240. The Morgan fingerprint density at radius 3 is 2.84 bits per heavy atom. The van der Waals surface area contributed by atoms with Crippen LogP contribution >= 0.6 is 23.1 Å². The third-order valence-electron chi connectivity index (χ3n) is 4.76. The highest BCUT2D eigenvalue weighted by molar-refractivity contribution is 7.98. The minimum Gasteiger partial charge on any atom is -0.461 e. The fourth-order valence-corrected chi connectivity index (χ4v) is 5.17. The van der Waals surface area contributed by atoms with Crippen LogP contribution in [0.3, 0.4) is 0 Å². The van der Waals surface area contributed by atoms with Crippen LogP contribution in [0.4, 0.5) is 10.8 Å². The summed E-state index contributed by atoms with van der Waals surface area (Å²) < 4.78 is 7.44. The van der Waals surface area contributed by atoms with Crippen molar-refractivity contribution in [2.75, 3.05) is 4.90 Å². The van der Waals surface area contributed by atoms with Crippen molar-refractivity contribution in [3.63, 3.8) is 0 Å². The Morgan fingerprint density at radius 1 is 1.31 bits per heavy atom. The van der Waals surface area contributed by atoms with Crippen LogP contribution in [-0.2, 0) is 17.1 Å². The van der Waals surface area contributed by atoms with Gasteiger partial charge in [0, 0.05) is 24.6 Å². The van der Waals surface area contributed by atoms with E-state index in [2.05, 4.69) is 22.8 Å². The molecule has 0 bridgehead atoms. The van der Waals surface area contributed by atoms with Crippen molar-refractivity contribution < 1.29 is 9.21 Å². The second-order valence-corrected chi connectivity index (χ2v) is 9.02. The molecule has 32 heavy (non-hydrogen) atoms. The van der Waals surface area contributed by atoms with E-state index in [4.69, 9.17) is 9.40 Å². The first kappa shape index (κ1) is 22.0. The second kappa shape index (κ2) is 9.54. The van der Waals surface area contributed by atoms with Gasteiger partial charge in [-0.2, -0.15) is 0 Å². The van der Waals surface area contributed by atoms with Gasteiger partial charge in [0.05, 0.1) is 17.6 Å². The number of furan rings is 1. The normalized spacial score (nSPS) is 11.0. The van der Waals surface area contributed by atoms with E-state index in [1.807, 2.05) is 48.1 Å². The molecule has 1 aromatic carbocycles. The largest absolute Gasteiger partial charge is 0.461 e. The van der Waals surface area contributed by atoms with Crippen LogP contribution in [0.25, 0.3) is 11.6 Å². The first-order valence-electron chi connectivity index (χ1n) is 10.0. The van der Waals surface area contributed by atoms with Gasteiger partial charge in [-0.3, -0.25) is 14.3 Å². The van der Waals surface area contributed by atoms with Crippen molar-refractivity contribution in [2.24, 2.45) is 0 Å². The van der Waals surface area contributed by atoms with Crippen LogP contribution in [0.1, 0.15) is 23.7 Å². The smallest absolute Gasteiger partial charge is 0.230 e. The van der Waals surface area contributed by atoms with Crippen molar-refractivity contribution in [3.8, 4) is 11.6 Å². The Morgan fingerprint density at radius 2 is 2.16 bits per heavy atom. The molecule has 0 aliphatic rings. The molecule has 4 rings (SSSR count). The molecule has 164 valence electrons. The Kier molecular flexibility index (Phi) is 6.57. The highest BCUT2D eigenvalue weighted by atomic mass is 32.2. The summed E-state index contributed by atoms with van der Waals surface area (Å²) >= 11 is 2.99. The van der Waals surface area contributed by atoms with Gasteiger partial charge in [0.15, 0.2) is 16.0 Å². The molecule has 7 nitrogen and oxygen atoms in total. The number of hydrogen-bond donors (Lipinski definition) is 0. The van der Waals surface area contributed by atoms with Crippen molar-refractivity contribution in [1.29, 1.82) is 0 Å². The van der Waals surface area contributed by atoms with Crippen LogP contribution in [0.15, 0.2) is 64.2 Å². The van der Waals surface area contributed by atoms with Crippen LogP contribution in [0.2, 0.25) is 0 Å². The summed E-state index contributed by atoms with van der Waals surface area (Å²) in [6.45, 7) is 10.0. The molecule has 0 aliphatic heterocycles. The number of amides is 1. The average molecular weight is 466 g/mol. The van der Waals surface area contributed by atoms with Gasteiger partial charge >= 0.3 is 0 Å². The number of aromatic nitrogens is 4. The standard InChI is InChI=1S/C23H23N5O2S2/c1-5-10-27-21(20-7-6-11-30-20)25-26-23(27)32-14-18-13-31-22(24-18)28(17(4)29)19-9-8-15(2)12-16(19)3/h5-9,11-13H,1,10,14H2,2-4H3. The lowest BCUT2D eigenvalue weighted by Crippen LogP contribution is -2.23. The van der Waals surface area contributed by atoms with E-state index in [0.29, 0.717) is 29.0 Å². The van der Waals surface area contributed by atoms with E-state index in [0.717, 1.165) is 27.7 Å². The summed E-state index contributed by atoms with van der Waals surface area (Å²) in [5, 5.41) is 12.0. The fourth-order valence-electron chi connectivity index (χ4n) is 3.34. The monoisotopic (exact) mass is 465 g/mol. The topological polar surface area (TPSA) is 77.1 Å². The number of hydrogen-bond acceptors (Lipinski definition) is 7. The summed E-state index contributed by atoms with van der Waals surface area (Å²) in [6.07, 6.45) is 3.41. The van der Waals surface area contributed by atoms with Gasteiger partial charge in [0.2, 0.25) is 11.7 Å². The van der Waals surface area contributed by atoms with Gasteiger partial charge < -0.3 is 4.42 Å². The minimum atomic E-state index is -0.0701. The molecule has 3 aromatic heterocycles. The highest BCUT2D eigenvalue weighted by Gasteiger charge is 2.21. The van der Waals surface area contributed by atoms with Gasteiger partial charge in [-0.05, 0) is 37.6 Å². The Hall–Kier alpha value is -3.17. The van der Waals surface area contributed by atoms with Gasteiger partial charge in [-0.1, -0.05) is 35.5 Å². The molecule has 0 fully saturated rings. The molecule has 0 atom stereocenters. The molecule has 0 saturated carbocycles. The van der Waals surface area contributed by atoms with Crippen molar-refractivity contribution in [2.45, 2.75) is 38.2 Å². The molecular formula is C23H23N5O2S2. The molecule has 0 radical (unpaired) electrons. The molecule has 4 aromatic rings. The molecule has 1 amide bonds. The van der Waals surface area contributed by atoms with Crippen molar-refractivity contribution in [1.82, 2.24) is 19.7 Å². The maximum absolute atomic E-state index is 12.4. The van der Waals surface area contributed by atoms with E-state index in [9.17, 15) is 4.79 Å². The number of rotatable bonds is 8. The zero-order valence-corrected chi connectivity index (χ0v) is 19.7. The lowest BCUT2D eigenvalue weighted by molar-refractivity contribution is -0.115. The summed E-state index contributed by atoms with van der Waals surface area (Å²) in [7, 11) is 0. The number of anilines is 2. The van der Waals surface area contributed by atoms with E-state index >= 15 is 0 Å². The van der Waals surface area contributed by atoms with Crippen LogP contribution in [0, 0.1) is 13.8 Å². The van der Waals surface area contributed by atoms with Gasteiger partial charge in [-0.15, -0.1) is 28.1 Å². The first-order valence-corrected chi connectivity index (χ1v) is 11.9.